The van der Waals surface area contributed by atoms with E-state index in [1.165, 1.54) is 22.3 Å². The number of hydrogen-bond acceptors (Lipinski definition) is 4. The topological polar surface area (TPSA) is 51.8 Å². The molecule has 0 N–H and O–H groups in total. The minimum atomic E-state index is -0.0557. The lowest BCUT2D eigenvalue weighted by atomic mass is 9.82. The van der Waals surface area contributed by atoms with Crippen LogP contribution in [0.2, 0.25) is 0 Å². The number of fused-ring (bicyclic) bond motifs is 6. The second kappa shape index (κ2) is 10.1. The van der Waals surface area contributed by atoms with E-state index in [4.69, 9.17) is 19.4 Å². The van der Waals surface area contributed by atoms with Gasteiger partial charge in [0.2, 0.25) is 0 Å². The van der Waals surface area contributed by atoms with Gasteiger partial charge in [-0.3, -0.25) is 0 Å². The molecule has 0 saturated carbocycles. The molecular formula is C42H29N3O. The van der Waals surface area contributed by atoms with Gasteiger partial charge < -0.3 is 4.42 Å². The van der Waals surface area contributed by atoms with Crippen LogP contribution in [0.1, 0.15) is 25.0 Å². The summed E-state index contributed by atoms with van der Waals surface area (Å²) >= 11 is 0. The van der Waals surface area contributed by atoms with Crippen LogP contribution < -0.4 is 0 Å². The maximum absolute atomic E-state index is 6.53. The molecule has 0 saturated heterocycles. The van der Waals surface area contributed by atoms with Crippen molar-refractivity contribution in [1.29, 1.82) is 0 Å². The zero-order valence-corrected chi connectivity index (χ0v) is 25.5. The van der Waals surface area contributed by atoms with Crippen molar-refractivity contribution in [3.63, 3.8) is 0 Å². The molecule has 0 bridgehead atoms. The monoisotopic (exact) mass is 591 g/mol. The fraction of sp³-hybridized carbons (Fsp3) is 0.0714. The summed E-state index contributed by atoms with van der Waals surface area (Å²) in [6.45, 7) is 4.63. The van der Waals surface area contributed by atoms with Gasteiger partial charge in [0, 0.05) is 32.9 Å². The van der Waals surface area contributed by atoms with Crippen LogP contribution in [0.25, 0.3) is 78.4 Å². The van der Waals surface area contributed by atoms with Gasteiger partial charge in [0.25, 0.3) is 0 Å². The molecule has 1 aliphatic rings. The van der Waals surface area contributed by atoms with E-state index >= 15 is 0 Å². The van der Waals surface area contributed by atoms with Crippen molar-refractivity contribution in [2.75, 3.05) is 0 Å². The third kappa shape index (κ3) is 4.18. The predicted molar refractivity (Wildman–Crippen MR) is 186 cm³/mol. The highest BCUT2D eigenvalue weighted by Gasteiger charge is 2.36. The number of rotatable bonds is 4. The van der Waals surface area contributed by atoms with E-state index in [0.29, 0.717) is 17.5 Å². The first-order chi connectivity index (χ1) is 22.5. The van der Waals surface area contributed by atoms with Crippen molar-refractivity contribution in [3.8, 4) is 56.4 Å². The lowest BCUT2D eigenvalue weighted by Gasteiger charge is -2.21. The Morgan fingerprint density at radius 3 is 1.70 bits per heavy atom. The van der Waals surface area contributed by atoms with Crippen LogP contribution >= 0.6 is 0 Å². The Labute approximate surface area is 267 Å². The van der Waals surface area contributed by atoms with Crippen molar-refractivity contribution < 1.29 is 4.42 Å². The average molecular weight is 592 g/mol. The molecule has 6 aromatic carbocycles. The maximum atomic E-state index is 6.53. The van der Waals surface area contributed by atoms with Crippen LogP contribution in [0.3, 0.4) is 0 Å². The summed E-state index contributed by atoms with van der Waals surface area (Å²) in [5, 5.41) is 2.28. The van der Waals surface area contributed by atoms with Crippen LogP contribution in [-0.4, -0.2) is 15.0 Å². The Bertz CT molecular complexity index is 2380. The molecule has 8 aromatic rings. The fourth-order valence-corrected chi connectivity index (χ4v) is 6.93. The molecule has 4 heteroatoms. The first-order valence-electron chi connectivity index (χ1n) is 15.6. The predicted octanol–water partition coefficient (Wildman–Crippen LogP) is 10.7. The van der Waals surface area contributed by atoms with E-state index in [9.17, 15) is 0 Å². The highest BCUT2D eigenvalue weighted by molar-refractivity contribution is 6.08. The Balaban J connectivity index is 1.14. The smallest absolute Gasteiger partial charge is 0.164 e. The summed E-state index contributed by atoms with van der Waals surface area (Å²) < 4.78 is 6.53. The number of benzene rings is 6. The van der Waals surface area contributed by atoms with E-state index in [-0.39, 0.29) is 5.41 Å². The SMILES string of the molecule is CC1(C)c2ccccc2-c2cc3oc4cc(-c5cccc(-c6nc(-c7ccccc7)nc(-c7ccccc7)n6)c5)ccc4c3cc21. The third-order valence-corrected chi connectivity index (χ3v) is 9.33. The van der Waals surface area contributed by atoms with E-state index in [2.05, 4.69) is 92.7 Å². The maximum Gasteiger partial charge on any atom is 0.164 e. The van der Waals surface area contributed by atoms with Gasteiger partial charge in [-0.05, 0) is 63.7 Å². The van der Waals surface area contributed by atoms with Crippen molar-refractivity contribution in [2.24, 2.45) is 0 Å². The first-order valence-corrected chi connectivity index (χ1v) is 15.6. The van der Waals surface area contributed by atoms with Crippen LogP contribution in [-0.2, 0) is 5.41 Å². The molecule has 9 rings (SSSR count). The molecule has 0 radical (unpaired) electrons. The first kappa shape index (κ1) is 26.5. The summed E-state index contributed by atoms with van der Waals surface area (Å²) in [6, 6.07) is 48.3. The van der Waals surface area contributed by atoms with Crippen molar-refractivity contribution in [2.45, 2.75) is 19.3 Å². The molecule has 0 fully saturated rings. The molecule has 2 aromatic heterocycles. The summed E-state index contributed by atoms with van der Waals surface area (Å²) in [4.78, 5) is 14.7. The van der Waals surface area contributed by atoms with Crippen LogP contribution in [0.5, 0.6) is 0 Å². The molecule has 0 spiro atoms. The Morgan fingerprint density at radius 1 is 0.413 bits per heavy atom. The zero-order chi connectivity index (χ0) is 30.8. The van der Waals surface area contributed by atoms with Gasteiger partial charge in [-0.25, -0.2) is 15.0 Å². The standard InChI is InChI=1S/C42H29N3O/c1-42(2)35-19-10-9-18-31(35)33-25-38-34(24-36(33)42)32-21-20-29(23-37(32)46-38)28-16-11-17-30(22-28)41-44-39(26-12-5-3-6-13-26)43-40(45-41)27-14-7-4-8-15-27/h3-25H,1-2H3. The van der Waals surface area contributed by atoms with Gasteiger partial charge >= 0.3 is 0 Å². The summed E-state index contributed by atoms with van der Waals surface area (Å²) in [5.74, 6) is 1.93. The molecule has 46 heavy (non-hydrogen) atoms. The molecule has 1 aliphatic carbocycles. The summed E-state index contributed by atoms with van der Waals surface area (Å²) in [5.41, 5.74) is 12.0. The molecular weight excluding hydrogens is 562 g/mol. The summed E-state index contributed by atoms with van der Waals surface area (Å²) in [7, 11) is 0. The van der Waals surface area contributed by atoms with Gasteiger partial charge in [-0.1, -0.05) is 123 Å². The van der Waals surface area contributed by atoms with E-state index in [0.717, 1.165) is 49.8 Å². The molecule has 0 aliphatic heterocycles. The highest BCUT2D eigenvalue weighted by Crippen LogP contribution is 2.50. The number of hydrogen-bond donors (Lipinski definition) is 0. The van der Waals surface area contributed by atoms with Gasteiger partial charge in [-0.15, -0.1) is 0 Å². The minimum Gasteiger partial charge on any atom is -0.456 e. The van der Waals surface area contributed by atoms with Gasteiger partial charge in [-0.2, -0.15) is 0 Å². The third-order valence-electron chi connectivity index (χ3n) is 9.33. The summed E-state index contributed by atoms with van der Waals surface area (Å²) in [6.07, 6.45) is 0. The largest absolute Gasteiger partial charge is 0.456 e. The van der Waals surface area contributed by atoms with Crippen LogP contribution in [0.15, 0.2) is 144 Å². The lowest BCUT2D eigenvalue weighted by Crippen LogP contribution is -2.14. The van der Waals surface area contributed by atoms with E-state index in [1.807, 2.05) is 60.7 Å². The van der Waals surface area contributed by atoms with E-state index in [1.54, 1.807) is 0 Å². The average Bonchev–Trinajstić information content (AvgIpc) is 3.58. The second-order valence-electron chi connectivity index (χ2n) is 12.5. The zero-order valence-electron chi connectivity index (χ0n) is 25.5. The molecule has 0 atom stereocenters. The van der Waals surface area contributed by atoms with E-state index < -0.39 is 0 Å². The Kier molecular flexibility index (Phi) is 5.81. The molecule has 2 heterocycles. The van der Waals surface area contributed by atoms with Crippen LogP contribution in [0, 0.1) is 0 Å². The second-order valence-corrected chi connectivity index (χ2v) is 12.5. The molecule has 0 unspecified atom stereocenters. The van der Waals surface area contributed by atoms with Crippen molar-refractivity contribution >= 4 is 21.9 Å². The van der Waals surface area contributed by atoms with Gasteiger partial charge in [0.1, 0.15) is 11.2 Å². The number of furan rings is 1. The number of nitrogens with zero attached hydrogens (tertiary/aromatic N) is 3. The molecule has 0 amide bonds. The minimum absolute atomic E-state index is 0.0557. The van der Waals surface area contributed by atoms with Gasteiger partial charge in [0.05, 0.1) is 0 Å². The normalized spacial score (nSPS) is 13.2. The fourth-order valence-electron chi connectivity index (χ4n) is 6.93. The Hall–Kier alpha value is -5.87. The molecule has 4 nitrogen and oxygen atoms in total. The quantitative estimate of drug-likeness (QED) is 0.204. The van der Waals surface area contributed by atoms with Crippen molar-refractivity contribution in [3.05, 3.63) is 151 Å². The highest BCUT2D eigenvalue weighted by atomic mass is 16.3. The van der Waals surface area contributed by atoms with Gasteiger partial charge in [0.15, 0.2) is 17.5 Å². The van der Waals surface area contributed by atoms with Crippen molar-refractivity contribution in [1.82, 2.24) is 15.0 Å². The Morgan fingerprint density at radius 2 is 0.978 bits per heavy atom. The van der Waals surface area contributed by atoms with Crippen LogP contribution in [0.4, 0.5) is 0 Å². The molecule has 218 valence electrons. The number of aromatic nitrogens is 3. The lowest BCUT2D eigenvalue weighted by molar-refractivity contribution is 0.658.